The van der Waals surface area contributed by atoms with E-state index in [1.807, 2.05) is 36.4 Å². The molecular weight excluding hydrogens is 224 g/mol. The zero-order chi connectivity index (χ0) is 12.8. The highest BCUT2D eigenvalue weighted by atomic mass is 16.5. The van der Waals surface area contributed by atoms with Gasteiger partial charge >= 0.3 is 0 Å². The molecule has 0 radical (unpaired) electrons. The van der Waals surface area contributed by atoms with Gasteiger partial charge < -0.3 is 4.74 Å². The molecule has 18 heavy (non-hydrogen) atoms. The summed E-state index contributed by atoms with van der Waals surface area (Å²) in [5, 5.41) is 0. The van der Waals surface area contributed by atoms with Gasteiger partial charge in [-0.3, -0.25) is 4.79 Å². The highest BCUT2D eigenvalue weighted by Crippen LogP contribution is 2.12. The predicted molar refractivity (Wildman–Crippen MR) is 72.8 cm³/mol. The van der Waals surface area contributed by atoms with Crippen molar-refractivity contribution in [2.24, 2.45) is 0 Å². The third kappa shape index (κ3) is 3.08. The molecule has 0 fully saturated rings. The first-order valence-corrected chi connectivity index (χ1v) is 5.71. The molecule has 2 rings (SSSR count). The highest BCUT2D eigenvalue weighted by Gasteiger charge is 2.01. The number of carbonyl (C=O) groups is 1. The minimum Gasteiger partial charge on any atom is -0.497 e. The Morgan fingerprint density at radius 1 is 1.00 bits per heavy atom. The lowest BCUT2D eigenvalue weighted by molar-refractivity contribution is 0.104. The minimum absolute atomic E-state index is 0.0125. The molecule has 0 aromatic heterocycles. The summed E-state index contributed by atoms with van der Waals surface area (Å²) in [7, 11) is 1.60. The summed E-state index contributed by atoms with van der Waals surface area (Å²) in [4.78, 5) is 11.9. The summed E-state index contributed by atoms with van der Waals surface area (Å²) in [5.41, 5.74) is 1.67. The van der Waals surface area contributed by atoms with Crippen molar-refractivity contribution in [3.63, 3.8) is 0 Å². The maximum absolute atomic E-state index is 11.9. The van der Waals surface area contributed by atoms with Crippen molar-refractivity contribution in [3.05, 3.63) is 71.8 Å². The van der Waals surface area contributed by atoms with Crippen molar-refractivity contribution in [3.8, 4) is 5.75 Å². The van der Waals surface area contributed by atoms with Crippen LogP contribution in [0.2, 0.25) is 0 Å². The molecular formula is C16H14O2. The number of ketones is 1. The fourth-order valence-corrected chi connectivity index (χ4v) is 1.59. The average Bonchev–Trinajstić information content (AvgIpc) is 2.46. The molecule has 0 atom stereocenters. The lowest BCUT2D eigenvalue weighted by Gasteiger charge is -2.00. The number of benzene rings is 2. The summed E-state index contributed by atoms with van der Waals surface area (Å²) in [6, 6.07) is 16.8. The van der Waals surface area contributed by atoms with Gasteiger partial charge in [0.15, 0.2) is 5.78 Å². The van der Waals surface area contributed by atoms with Crippen molar-refractivity contribution in [1.29, 1.82) is 0 Å². The molecule has 0 aliphatic rings. The van der Waals surface area contributed by atoms with Crippen molar-refractivity contribution >= 4 is 11.9 Å². The molecule has 0 saturated heterocycles. The summed E-state index contributed by atoms with van der Waals surface area (Å²) in [5.74, 6) is 0.736. The Balaban J connectivity index is 2.09. The molecule has 0 amide bonds. The van der Waals surface area contributed by atoms with Crippen LogP contribution in [-0.2, 0) is 0 Å². The van der Waals surface area contributed by atoms with E-state index < -0.39 is 0 Å². The Bertz CT molecular complexity index is 539. The van der Waals surface area contributed by atoms with Crippen LogP contribution in [0.5, 0.6) is 5.75 Å². The van der Waals surface area contributed by atoms with E-state index in [1.165, 1.54) is 0 Å². The van der Waals surface area contributed by atoms with Gasteiger partial charge in [-0.1, -0.05) is 36.4 Å². The Morgan fingerprint density at radius 2 is 1.67 bits per heavy atom. The van der Waals surface area contributed by atoms with Crippen LogP contribution in [0.1, 0.15) is 15.9 Å². The molecule has 0 bridgehead atoms. The standard InChI is InChI=1S/C16H14O2/c1-18-15-10-8-14(9-11-15)16(17)12-7-13-5-3-2-4-6-13/h2-12H,1H3/b12-7-. The number of rotatable bonds is 4. The Morgan fingerprint density at radius 3 is 2.28 bits per heavy atom. The summed E-state index contributed by atoms with van der Waals surface area (Å²) in [6.07, 6.45) is 3.39. The average molecular weight is 238 g/mol. The van der Waals surface area contributed by atoms with E-state index in [0.717, 1.165) is 11.3 Å². The monoisotopic (exact) mass is 238 g/mol. The van der Waals surface area contributed by atoms with Crippen molar-refractivity contribution < 1.29 is 9.53 Å². The summed E-state index contributed by atoms with van der Waals surface area (Å²) >= 11 is 0. The van der Waals surface area contributed by atoms with Gasteiger partial charge in [0.1, 0.15) is 5.75 Å². The number of hydrogen-bond donors (Lipinski definition) is 0. The molecule has 2 aromatic carbocycles. The third-order valence-electron chi connectivity index (χ3n) is 2.60. The largest absolute Gasteiger partial charge is 0.497 e. The Labute approximate surface area is 107 Å². The molecule has 0 unspecified atom stereocenters. The van der Waals surface area contributed by atoms with Gasteiger partial charge in [-0.25, -0.2) is 0 Å². The van der Waals surface area contributed by atoms with E-state index in [1.54, 1.807) is 37.5 Å². The third-order valence-corrected chi connectivity index (χ3v) is 2.60. The molecule has 0 heterocycles. The minimum atomic E-state index is -0.0125. The molecule has 2 nitrogen and oxygen atoms in total. The van der Waals surface area contributed by atoms with Crippen LogP contribution in [0, 0.1) is 0 Å². The quantitative estimate of drug-likeness (QED) is 0.601. The van der Waals surface area contributed by atoms with Crippen LogP contribution in [0.25, 0.3) is 6.08 Å². The molecule has 2 heteroatoms. The second-order valence-electron chi connectivity index (χ2n) is 3.84. The molecule has 90 valence electrons. The molecule has 0 N–H and O–H groups in total. The van der Waals surface area contributed by atoms with E-state index in [4.69, 9.17) is 4.74 Å². The van der Waals surface area contributed by atoms with Crippen LogP contribution < -0.4 is 4.74 Å². The van der Waals surface area contributed by atoms with Crippen LogP contribution in [0.15, 0.2) is 60.7 Å². The topological polar surface area (TPSA) is 26.3 Å². The number of ether oxygens (including phenoxy) is 1. The first-order valence-electron chi connectivity index (χ1n) is 5.71. The summed E-state index contributed by atoms with van der Waals surface area (Å²) in [6.45, 7) is 0. The lowest BCUT2D eigenvalue weighted by atomic mass is 10.1. The van der Waals surface area contributed by atoms with Gasteiger partial charge in [0.25, 0.3) is 0 Å². The molecule has 0 saturated carbocycles. The SMILES string of the molecule is COc1ccc(C(=O)/C=C\c2ccccc2)cc1. The van der Waals surface area contributed by atoms with E-state index in [0.29, 0.717) is 5.56 Å². The lowest BCUT2D eigenvalue weighted by Crippen LogP contribution is -1.94. The number of carbonyl (C=O) groups excluding carboxylic acids is 1. The van der Waals surface area contributed by atoms with Gasteiger partial charge in [-0.15, -0.1) is 0 Å². The molecule has 0 spiro atoms. The normalized spacial score (nSPS) is 10.5. The zero-order valence-corrected chi connectivity index (χ0v) is 10.2. The molecule has 0 aliphatic carbocycles. The van der Waals surface area contributed by atoms with Crippen LogP contribution in [0.3, 0.4) is 0 Å². The van der Waals surface area contributed by atoms with Gasteiger partial charge in [-0.05, 0) is 35.9 Å². The number of methoxy groups -OCH3 is 1. The smallest absolute Gasteiger partial charge is 0.185 e. The van der Waals surface area contributed by atoms with E-state index in [2.05, 4.69) is 0 Å². The van der Waals surface area contributed by atoms with Crippen molar-refractivity contribution in [2.45, 2.75) is 0 Å². The highest BCUT2D eigenvalue weighted by molar-refractivity contribution is 6.06. The first kappa shape index (κ1) is 12.1. The van der Waals surface area contributed by atoms with Gasteiger partial charge in [0, 0.05) is 5.56 Å². The molecule has 0 aliphatic heterocycles. The number of hydrogen-bond acceptors (Lipinski definition) is 2. The second kappa shape index (κ2) is 5.82. The Hall–Kier alpha value is -2.35. The van der Waals surface area contributed by atoms with Gasteiger partial charge in [0.2, 0.25) is 0 Å². The van der Waals surface area contributed by atoms with E-state index >= 15 is 0 Å². The van der Waals surface area contributed by atoms with E-state index in [-0.39, 0.29) is 5.78 Å². The second-order valence-corrected chi connectivity index (χ2v) is 3.84. The Kier molecular flexibility index (Phi) is 3.92. The van der Waals surface area contributed by atoms with Crippen LogP contribution in [-0.4, -0.2) is 12.9 Å². The fourth-order valence-electron chi connectivity index (χ4n) is 1.59. The maximum Gasteiger partial charge on any atom is 0.185 e. The van der Waals surface area contributed by atoms with Gasteiger partial charge in [-0.2, -0.15) is 0 Å². The van der Waals surface area contributed by atoms with Crippen LogP contribution >= 0.6 is 0 Å². The van der Waals surface area contributed by atoms with Crippen molar-refractivity contribution in [2.75, 3.05) is 7.11 Å². The predicted octanol–water partition coefficient (Wildman–Crippen LogP) is 3.59. The summed E-state index contributed by atoms with van der Waals surface area (Å²) < 4.78 is 5.05. The number of allylic oxidation sites excluding steroid dienone is 1. The zero-order valence-electron chi connectivity index (χ0n) is 10.2. The van der Waals surface area contributed by atoms with Gasteiger partial charge in [0.05, 0.1) is 7.11 Å². The molecule has 2 aromatic rings. The van der Waals surface area contributed by atoms with Crippen molar-refractivity contribution in [1.82, 2.24) is 0 Å². The fraction of sp³-hybridized carbons (Fsp3) is 0.0625. The first-order chi connectivity index (χ1) is 8.79. The van der Waals surface area contributed by atoms with Crippen LogP contribution in [0.4, 0.5) is 0 Å². The maximum atomic E-state index is 11.9. The van der Waals surface area contributed by atoms with E-state index in [9.17, 15) is 4.79 Å².